The highest BCUT2D eigenvalue weighted by atomic mass is 32.2. The predicted molar refractivity (Wildman–Crippen MR) is 118 cm³/mol. The molecule has 9 heteroatoms. The molecule has 0 N–H and O–H groups in total. The summed E-state index contributed by atoms with van der Waals surface area (Å²) in [6.07, 6.45) is 3.95. The lowest BCUT2D eigenvalue weighted by Crippen LogP contribution is -2.39. The maximum absolute atomic E-state index is 13.0. The van der Waals surface area contributed by atoms with Gasteiger partial charge in [-0.3, -0.25) is 13.9 Å². The van der Waals surface area contributed by atoms with E-state index in [2.05, 4.69) is 9.97 Å². The van der Waals surface area contributed by atoms with Crippen LogP contribution in [0.3, 0.4) is 0 Å². The number of nitrogens with zero attached hydrogens (tertiary/aromatic N) is 6. The van der Waals surface area contributed by atoms with Gasteiger partial charge in [0, 0.05) is 31.7 Å². The van der Waals surface area contributed by atoms with Gasteiger partial charge in [0.25, 0.3) is 5.56 Å². The van der Waals surface area contributed by atoms with Crippen LogP contribution in [0.15, 0.2) is 39.1 Å². The normalized spacial score (nSPS) is 11.8. The number of hydrogen-bond donors (Lipinski definition) is 0. The third kappa shape index (κ3) is 3.54. The summed E-state index contributed by atoms with van der Waals surface area (Å²) in [5.41, 5.74) is 2.58. The number of rotatable bonds is 5. The summed E-state index contributed by atoms with van der Waals surface area (Å²) >= 11 is 1.44. The molecule has 0 fully saturated rings. The monoisotopic (exact) mass is 424 g/mol. The molecule has 0 amide bonds. The van der Waals surface area contributed by atoms with Gasteiger partial charge in [-0.1, -0.05) is 31.7 Å². The van der Waals surface area contributed by atoms with E-state index in [1.54, 1.807) is 11.5 Å². The Morgan fingerprint density at radius 3 is 2.57 bits per heavy atom. The fourth-order valence-corrected chi connectivity index (χ4v) is 4.44. The Hall–Kier alpha value is -2.94. The van der Waals surface area contributed by atoms with Gasteiger partial charge >= 0.3 is 5.69 Å². The number of aryl methyl sites for hydroxylation is 2. The smallest absolute Gasteiger partial charge is 0.307 e. The maximum Gasteiger partial charge on any atom is 0.332 e. The first-order valence-electron chi connectivity index (χ1n) is 9.80. The summed E-state index contributed by atoms with van der Waals surface area (Å²) < 4.78 is 4.71. The first kappa shape index (κ1) is 20.3. The van der Waals surface area contributed by atoms with E-state index in [9.17, 15) is 9.59 Å². The van der Waals surface area contributed by atoms with Crippen LogP contribution in [0, 0.1) is 19.8 Å². The fourth-order valence-electron chi connectivity index (χ4n) is 3.49. The van der Waals surface area contributed by atoms with Crippen molar-refractivity contribution in [1.82, 2.24) is 28.5 Å². The molecule has 4 aromatic rings. The van der Waals surface area contributed by atoms with E-state index in [0.717, 1.165) is 21.5 Å². The lowest BCUT2D eigenvalue weighted by atomic mass is 10.2. The zero-order chi connectivity index (χ0) is 21.6. The van der Waals surface area contributed by atoms with E-state index in [4.69, 9.17) is 4.98 Å². The van der Waals surface area contributed by atoms with Crippen molar-refractivity contribution >= 4 is 28.4 Å². The van der Waals surface area contributed by atoms with Crippen LogP contribution in [-0.2, 0) is 19.3 Å². The van der Waals surface area contributed by atoms with Crippen LogP contribution in [0.2, 0.25) is 0 Å². The van der Waals surface area contributed by atoms with Gasteiger partial charge in [-0.25, -0.2) is 19.7 Å². The zero-order valence-electron chi connectivity index (χ0n) is 17.7. The van der Waals surface area contributed by atoms with E-state index in [1.807, 2.05) is 49.7 Å². The molecular formula is C21H24N6O2S. The molecular weight excluding hydrogens is 400 g/mol. The molecule has 4 rings (SSSR count). The molecule has 4 aromatic heterocycles. The average molecular weight is 425 g/mol. The van der Waals surface area contributed by atoms with E-state index in [-0.39, 0.29) is 17.2 Å². The molecule has 0 aliphatic rings. The van der Waals surface area contributed by atoms with E-state index in [0.29, 0.717) is 34.2 Å². The van der Waals surface area contributed by atoms with Gasteiger partial charge in [-0.2, -0.15) is 0 Å². The summed E-state index contributed by atoms with van der Waals surface area (Å²) in [4.78, 5) is 39.4. The van der Waals surface area contributed by atoms with Crippen molar-refractivity contribution < 1.29 is 0 Å². The van der Waals surface area contributed by atoms with E-state index >= 15 is 0 Å². The number of thioether (sulfide) groups is 1. The molecule has 30 heavy (non-hydrogen) atoms. The SMILES string of the molecule is Cc1nc(SCc2cn3cccc(C)c3n2)c2c(=O)n(C)c(=O)n(CC(C)C)c2n1. The number of aromatic nitrogens is 6. The van der Waals surface area contributed by atoms with Gasteiger partial charge in [0.05, 0.1) is 5.69 Å². The number of fused-ring (bicyclic) bond motifs is 2. The molecule has 0 aliphatic heterocycles. The number of hydrogen-bond acceptors (Lipinski definition) is 6. The highest BCUT2D eigenvalue weighted by molar-refractivity contribution is 7.98. The zero-order valence-corrected chi connectivity index (χ0v) is 18.5. The molecule has 0 saturated heterocycles. The largest absolute Gasteiger partial charge is 0.332 e. The Bertz CT molecular complexity index is 1380. The standard InChI is InChI=1S/C21H24N6O2S/c1-12(2)9-27-18-16(20(28)25(5)21(27)29)19(23-14(4)22-18)30-11-15-10-26-8-6-7-13(3)17(26)24-15/h6-8,10,12H,9,11H2,1-5H3. The summed E-state index contributed by atoms with van der Waals surface area (Å²) in [5.74, 6) is 1.32. The van der Waals surface area contributed by atoms with Gasteiger partial charge in [0.1, 0.15) is 21.9 Å². The molecule has 156 valence electrons. The van der Waals surface area contributed by atoms with Crippen molar-refractivity contribution in [2.45, 2.75) is 45.0 Å². The Balaban J connectivity index is 1.82. The van der Waals surface area contributed by atoms with Crippen LogP contribution in [0.4, 0.5) is 0 Å². The van der Waals surface area contributed by atoms with Crippen molar-refractivity contribution in [3.8, 4) is 0 Å². The quantitative estimate of drug-likeness (QED) is 0.362. The molecule has 0 radical (unpaired) electrons. The second-order valence-corrected chi connectivity index (χ2v) is 8.83. The van der Waals surface area contributed by atoms with Crippen molar-refractivity contribution in [3.63, 3.8) is 0 Å². The van der Waals surface area contributed by atoms with Crippen LogP contribution in [0.25, 0.3) is 16.7 Å². The van der Waals surface area contributed by atoms with Gasteiger partial charge < -0.3 is 4.40 Å². The fraction of sp³-hybridized carbons (Fsp3) is 0.381. The summed E-state index contributed by atoms with van der Waals surface area (Å²) in [5, 5.41) is 0.956. The molecule has 0 bridgehead atoms. The Kier molecular flexibility index (Phi) is 5.23. The lowest BCUT2D eigenvalue weighted by Gasteiger charge is -2.15. The van der Waals surface area contributed by atoms with Crippen molar-refractivity contribution in [2.24, 2.45) is 13.0 Å². The number of imidazole rings is 1. The van der Waals surface area contributed by atoms with Gasteiger partial charge in [-0.05, 0) is 31.4 Å². The first-order chi connectivity index (χ1) is 14.3. The third-order valence-corrected chi connectivity index (χ3v) is 5.90. The minimum absolute atomic E-state index is 0.232. The molecule has 8 nitrogen and oxygen atoms in total. The second kappa shape index (κ2) is 7.71. The molecule has 0 unspecified atom stereocenters. The third-order valence-electron chi connectivity index (χ3n) is 4.89. The van der Waals surface area contributed by atoms with Gasteiger partial charge in [0.15, 0.2) is 5.65 Å². The Morgan fingerprint density at radius 1 is 1.10 bits per heavy atom. The lowest BCUT2D eigenvalue weighted by molar-refractivity contribution is 0.498. The summed E-state index contributed by atoms with van der Waals surface area (Å²) in [7, 11) is 1.50. The highest BCUT2D eigenvalue weighted by Gasteiger charge is 2.19. The van der Waals surface area contributed by atoms with Crippen LogP contribution < -0.4 is 11.2 Å². The molecule has 0 saturated carbocycles. The van der Waals surface area contributed by atoms with E-state index in [1.165, 1.54) is 18.8 Å². The minimum Gasteiger partial charge on any atom is -0.307 e. The maximum atomic E-state index is 13.0. The average Bonchev–Trinajstić information content (AvgIpc) is 3.12. The Morgan fingerprint density at radius 2 is 1.87 bits per heavy atom. The highest BCUT2D eigenvalue weighted by Crippen LogP contribution is 2.26. The van der Waals surface area contributed by atoms with E-state index < -0.39 is 0 Å². The summed E-state index contributed by atoms with van der Waals surface area (Å²) in [6, 6.07) is 4.01. The molecule has 0 aromatic carbocycles. The second-order valence-electron chi connectivity index (χ2n) is 7.87. The topological polar surface area (TPSA) is 87.1 Å². The van der Waals surface area contributed by atoms with Crippen LogP contribution in [0.5, 0.6) is 0 Å². The van der Waals surface area contributed by atoms with Gasteiger partial charge in [0.2, 0.25) is 0 Å². The molecule has 0 aliphatic carbocycles. The summed E-state index contributed by atoms with van der Waals surface area (Å²) in [6.45, 7) is 8.34. The predicted octanol–water partition coefficient (Wildman–Crippen LogP) is 2.70. The van der Waals surface area contributed by atoms with Gasteiger partial charge in [-0.15, -0.1) is 0 Å². The number of pyridine rings is 1. The molecule has 0 atom stereocenters. The Labute approximate surface area is 177 Å². The van der Waals surface area contributed by atoms with Crippen molar-refractivity contribution in [2.75, 3.05) is 0 Å². The minimum atomic E-state index is -0.372. The van der Waals surface area contributed by atoms with Crippen molar-refractivity contribution in [1.29, 1.82) is 0 Å². The first-order valence-corrected chi connectivity index (χ1v) is 10.8. The van der Waals surface area contributed by atoms with Crippen LogP contribution in [0.1, 0.15) is 30.9 Å². The van der Waals surface area contributed by atoms with Crippen LogP contribution in [-0.4, -0.2) is 28.5 Å². The van der Waals surface area contributed by atoms with Crippen LogP contribution >= 0.6 is 11.8 Å². The van der Waals surface area contributed by atoms with Crippen molar-refractivity contribution in [3.05, 3.63) is 62.4 Å². The molecule has 0 spiro atoms. The molecule has 4 heterocycles.